The summed E-state index contributed by atoms with van der Waals surface area (Å²) < 4.78 is 51.5. The molecule has 1 unspecified atom stereocenters. The van der Waals surface area contributed by atoms with Crippen LogP contribution in [0.15, 0.2) is 0 Å². The minimum atomic E-state index is -3.59. The van der Waals surface area contributed by atoms with Crippen LogP contribution in [0.2, 0.25) is 0 Å². The lowest BCUT2D eigenvalue weighted by Crippen LogP contribution is -2.35. The zero-order valence-corrected chi connectivity index (χ0v) is 16.3. The fourth-order valence-corrected chi connectivity index (χ4v) is 4.57. The molecule has 0 saturated carbocycles. The van der Waals surface area contributed by atoms with Crippen LogP contribution >= 0.6 is 7.60 Å². The standard InChI is InChI=1S/C15H29O9P/c1-6-20-25(17,21-7-2)11(8-16)19-9-10-12-13(14(18-5)22-10)24-15(3,4)23-12/h10-14,16H,6-9H2,1-5H3/t10-,11?,12-,13-,14-/m1/s1. The van der Waals surface area contributed by atoms with Gasteiger partial charge < -0.3 is 37.8 Å². The monoisotopic (exact) mass is 384 g/mol. The Kier molecular flexibility index (Phi) is 7.41. The van der Waals surface area contributed by atoms with Gasteiger partial charge in [0.1, 0.15) is 18.3 Å². The molecule has 1 N–H and O–H groups in total. The Morgan fingerprint density at radius 2 is 1.76 bits per heavy atom. The lowest BCUT2D eigenvalue weighted by Gasteiger charge is -2.27. The largest absolute Gasteiger partial charge is 0.393 e. The first-order valence-electron chi connectivity index (χ1n) is 8.45. The smallest absolute Gasteiger partial charge is 0.361 e. The van der Waals surface area contributed by atoms with Crippen molar-refractivity contribution < 1.29 is 42.4 Å². The van der Waals surface area contributed by atoms with Crippen molar-refractivity contribution in [2.24, 2.45) is 0 Å². The second-order valence-corrected chi connectivity index (χ2v) is 8.36. The predicted octanol–water partition coefficient (Wildman–Crippen LogP) is 1.48. The van der Waals surface area contributed by atoms with E-state index in [1.54, 1.807) is 13.8 Å². The van der Waals surface area contributed by atoms with E-state index in [0.29, 0.717) is 0 Å². The number of hydrogen-bond donors (Lipinski definition) is 1. The van der Waals surface area contributed by atoms with Crippen molar-refractivity contribution in [1.29, 1.82) is 0 Å². The van der Waals surface area contributed by atoms with Crippen LogP contribution in [0.1, 0.15) is 27.7 Å². The van der Waals surface area contributed by atoms with Crippen molar-refractivity contribution in [1.82, 2.24) is 0 Å². The fourth-order valence-electron chi connectivity index (χ4n) is 2.98. The molecule has 10 heteroatoms. The Morgan fingerprint density at radius 1 is 1.16 bits per heavy atom. The first-order valence-corrected chi connectivity index (χ1v) is 10.1. The second kappa shape index (κ2) is 8.73. The quantitative estimate of drug-likeness (QED) is 0.561. The number of ether oxygens (including phenoxy) is 5. The molecule has 0 aromatic carbocycles. The van der Waals surface area contributed by atoms with Crippen LogP contribution in [0.3, 0.4) is 0 Å². The molecule has 2 saturated heterocycles. The molecule has 5 atom stereocenters. The molecule has 2 aliphatic heterocycles. The Labute approximate surface area is 148 Å². The Morgan fingerprint density at radius 3 is 2.28 bits per heavy atom. The van der Waals surface area contributed by atoms with Crippen LogP contribution in [-0.4, -0.2) is 74.9 Å². The highest BCUT2D eigenvalue weighted by molar-refractivity contribution is 7.54. The molecule has 2 fully saturated rings. The SMILES string of the molecule is CCOP(=O)(OCC)C(CO)OC[C@H]1O[C@@H](OC)[C@@H]2OC(C)(C)O[C@@H]21. The number of hydrogen-bond acceptors (Lipinski definition) is 9. The highest BCUT2D eigenvalue weighted by Crippen LogP contribution is 2.53. The molecule has 2 aliphatic rings. The summed E-state index contributed by atoms with van der Waals surface area (Å²) in [5.41, 5.74) is 0. The van der Waals surface area contributed by atoms with E-state index in [1.807, 2.05) is 13.8 Å². The fraction of sp³-hybridized carbons (Fsp3) is 1.00. The van der Waals surface area contributed by atoms with Gasteiger partial charge in [-0.3, -0.25) is 4.57 Å². The molecule has 0 bridgehead atoms. The summed E-state index contributed by atoms with van der Waals surface area (Å²) >= 11 is 0. The predicted molar refractivity (Wildman–Crippen MR) is 87.2 cm³/mol. The van der Waals surface area contributed by atoms with E-state index in [-0.39, 0.29) is 25.9 Å². The molecule has 0 aromatic heterocycles. The summed E-state index contributed by atoms with van der Waals surface area (Å²) in [5.74, 6) is -1.86. The van der Waals surface area contributed by atoms with Gasteiger partial charge in [-0.15, -0.1) is 0 Å². The summed E-state index contributed by atoms with van der Waals surface area (Å²) in [4.78, 5) is 0. The molecule has 0 aliphatic carbocycles. The zero-order chi connectivity index (χ0) is 18.7. The number of aliphatic hydroxyl groups is 1. The van der Waals surface area contributed by atoms with Crippen molar-refractivity contribution in [3.05, 3.63) is 0 Å². The first kappa shape index (κ1) is 21.2. The normalized spacial score (nSPS) is 32.7. The average molecular weight is 384 g/mol. The Hall–Kier alpha value is -0.0900. The van der Waals surface area contributed by atoms with E-state index in [1.165, 1.54) is 7.11 Å². The van der Waals surface area contributed by atoms with Crippen LogP contribution in [-0.2, 0) is 37.3 Å². The number of rotatable bonds is 10. The highest BCUT2D eigenvalue weighted by Gasteiger charge is 2.56. The lowest BCUT2D eigenvalue weighted by molar-refractivity contribution is -0.232. The number of aliphatic hydroxyl groups excluding tert-OH is 1. The van der Waals surface area contributed by atoms with Gasteiger partial charge in [-0.1, -0.05) is 0 Å². The lowest BCUT2D eigenvalue weighted by atomic mass is 10.1. The maximum absolute atomic E-state index is 12.7. The molecule has 0 spiro atoms. The van der Waals surface area contributed by atoms with E-state index < -0.39 is 44.3 Å². The minimum Gasteiger partial charge on any atom is -0.393 e. The number of fused-ring (bicyclic) bond motifs is 1. The molecule has 2 heterocycles. The summed E-state index contributed by atoms with van der Waals surface area (Å²) in [6.45, 7) is 6.89. The van der Waals surface area contributed by atoms with Crippen molar-refractivity contribution >= 4 is 7.60 Å². The van der Waals surface area contributed by atoms with Gasteiger partial charge in [0.05, 0.1) is 26.4 Å². The van der Waals surface area contributed by atoms with Crippen molar-refractivity contribution in [2.45, 2.75) is 63.9 Å². The van der Waals surface area contributed by atoms with Gasteiger partial charge in [-0.05, 0) is 27.7 Å². The maximum Gasteiger partial charge on any atom is 0.361 e. The van der Waals surface area contributed by atoms with E-state index in [0.717, 1.165) is 0 Å². The molecular weight excluding hydrogens is 355 g/mol. The van der Waals surface area contributed by atoms with Gasteiger partial charge in [0.25, 0.3) is 0 Å². The van der Waals surface area contributed by atoms with Crippen LogP contribution in [0.5, 0.6) is 0 Å². The molecule has 0 amide bonds. The third-order valence-corrected chi connectivity index (χ3v) is 6.17. The topological polar surface area (TPSA) is 102 Å². The van der Waals surface area contributed by atoms with Gasteiger partial charge in [-0.25, -0.2) is 0 Å². The molecular formula is C15H29O9P. The van der Waals surface area contributed by atoms with E-state index in [9.17, 15) is 9.67 Å². The second-order valence-electron chi connectivity index (χ2n) is 6.19. The van der Waals surface area contributed by atoms with E-state index in [4.69, 9.17) is 32.7 Å². The average Bonchev–Trinajstić information content (AvgIpc) is 3.01. The van der Waals surface area contributed by atoms with Crippen LogP contribution in [0.25, 0.3) is 0 Å². The summed E-state index contributed by atoms with van der Waals surface area (Å²) in [6.07, 6.45) is -1.86. The zero-order valence-electron chi connectivity index (χ0n) is 15.4. The van der Waals surface area contributed by atoms with Gasteiger partial charge in [0.2, 0.25) is 0 Å². The van der Waals surface area contributed by atoms with Crippen LogP contribution in [0, 0.1) is 0 Å². The minimum absolute atomic E-state index is 0.0236. The van der Waals surface area contributed by atoms with Gasteiger partial charge in [0, 0.05) is 7.11 Å². The van der Waals surface area contributed by atoms with Gasteiger partial charge >= 0.3 is 7.60 Å². The van der Waals surface area contributed by atoms with E-state index in [2.05, 4.69) is 0 Å². The Bertz CT molecular complexity index is 462. The summed E-state index contributed by atoms with van der Waals surface area (Å²) in [7, 11) is -2.07. The van der Waals surface area contributed by atoms with Gasteiger partial charge in [0.15, 0.2) is 17.9 Å². The van der Waals surface area contributed by atoms with Gasteiger partial charge in [-0.2, -0.15) is 0 Å². The highest BCUT2D eigenvalue weighted by atomic mass is 31.2. The third-order valence-electron chi connectivity index (χ3n) is 3.92. The molecule has 0 radical (unpaired) electrons. The molecule has 0 aromatic rings. The summed E-state index contributed by atoms with van der Waals surface area (Å²) in [6, 6.07) is 0. The number of methoxy groups -OCH3 is 1. The summed E-state index contributed by atoms with van der Waals surface area (Å²) in [5, 5.41) is 9.58. The van der Waals surface area contributed by atoms with Crippen molar-refractivity contribution in [3.8, 4) is 0 Å². The van der Waals surface area contributed by atoms with Crippen molar-refractivity contribution in [3.63, 3.8) is 0 Å². The van der Waals surface area contributed by atoms with Crippen LogP contribution in [0.4, 0.5) is 0 Å². The molecule has 25 heavy (non-hydrogen) atoms. The van der Waals surface area contributed by atoms with E-state index >= 15 is 0 Å². The molecule has 148 valence electrons. The van der Waals surface area contributed by atoms with Crippen molar-refractivity contribution in [2.75, 3.05) is 33.5 Å². The van der Waals surface area contributed by atoms with Crippen LogP contribution < -0.4 is 0 Å². The maximum atomic E-state index is 12.7. The molecule has 2 rings (SSSR count). The first-order chi connectivity index (χ1) is 11.8. The Balaban J connectivity index is 2.02. The third kappa shape index (κ3) is 4.80. The molecule has 9 nitrogen and oxygen atoms in total.